The van der Waals surface area contributed by atoms with E-state index in [1.54, 1.807) is 18.2 Å². The van der Waals surface area contributed by atoms with Gasteiger partial charge in [0, 0.05) is 16.7 Å². The lowest BCUT2D eigenvalue weighted by atomic mass is 9.98. The molecule has 174 valence electrons. The Hall–Kier alpha value is -3.71. The van der Waals surface area contributed by atoms with Gasteiger partial charge in [0.25, 0.3) is 0 Å². The lowest BCUT2D eigenvalue weighted by Gasteiger charge is -2.18. The van der Waals surface area contributed by atoms with Crippen molar-refractivity contribution in [1.29, 1.82) is 0 Å². The van der Waals surface area contributed by atoms with Crippen molar-refractivity contribution in [2.24, 2.45) is 0 Å². The molecule has 4 rings (SSSR count). The molecule has 0 aliphatic carbocycles. The largest absolute Gasteiger partial charge is 0.468 e. The van der Waals surface area contributed by atoms with Gasteiger partial charge in [-0.1, -0.05) is 54.6 Å². The molecule has 6 nitrogen and oxygen atoms in total. The molecule has 2 aromatic heterocycles. The highest BCUT2D eigenvalue weighted by molar-refractivity contribution is 7.21. The molecule has 2 heterocycles. The first-order valence-corrected chi connectivity index (χ1v) is 11.6. The molecule has 0 aliphatic rings. The predicted octanol–water partition coefficient (Wildman–Crippen LogP) is 5.98. The van der Waals surface area contributed by atoms with Crippen molar-refractivity contribution < 1.29 is 23.9 Å². The van der Waals surface area contributed by atoms with Gasteiger partial charge in [-0.2, -0.15) is 0 Å². The first-order valence-electron chi connectivity index (χ1n) is 10.8. The topological polar surface area (TPSA) is 74.6 Å². The zero-order valence-corrected chi connectivity index (χ0v) is 20.3. The van der Waals surface area contributed by atoms with Gasteiger partial charge < -0.3 is 14.0 Å². The standard InChI is InChI=1S/C27H25NO5S/c1-27(2,3)33-26(31)21-14-20-25(34-21)23(17-10-6-5-7-11-17)24(28(20)15-22(30)32-4)19-13-9-8-12-18(19)16-29/h5-14,16H,15H2,1-4H3. The van der Waals surface area contributed by atoms with Gasteiger partial charge in [0.1, 0.15) is 17.0 Å². The summed E-state index contributed by atoms with van der Waals surface area (Å²) in [6.07, 6.45) is 0.805. The highest BCUT2D eigenvalue weighted by Gasteiger charge is 2.28. The number of rotatable bonds is 6. The Kier molecular flexibility index (Phi) is 6.39. The molecule has 2 aromatic carbocycles. The van der Waals surface area contributed by atoms with Crippen LogP contribution in [-0.4, -0.2) is 35.5 Å². The van der Waals surface area contributed by atoms with Gasteiger partial charge in [0.2, 0.25) is 0 Å². The zero-order valence-electron chi connectivity index (χ0n) is 19.5. The molecule has 0 fully saturated rings. The van der Waals surface area contributed by atoms with Crippen molar-refractivity contribution >= 4 is 39.8 Å². The summed E-state index contributed by atoms with van der Waals surface area (Å²) in [5.74, 6) is -0.862. The Bertz CT molecular complexity index is 1380. The second-order valence-corrected chi connectivity index (χ2v) is 9.84. The molecule has 0 amide bonds. The molecule has 0 saturated heterocycles. The van der Waals surface area contributed by atoms with E-state index in [9.17, 15) is 14.4 Å². The SMILES string of the molecule is COC(=O)Cn1c(-c2ccccc2C=O)c(-c2ccccc2)c2sc(C(=O)OC(C)(C)C)cc21. The predicted molar refractivity (Wildman–Crippen MR) is 133 cm³/mol. The van der Waals surface area contributed by atoms with Gasteiger partial charge >= 0.3 is 11.9 Å². The number of aromatic nitrogens is 1. The fraction of sp³-hybridized carbons (Fsp3) is 0.222. The Balaban J connectivity index is 2.06. The summed E-state index contributed by atoms with van der Waals surface area (Å²) in [6, 6.07) is 18.7. The Morgan fingerprint density at radius 3 is 2.35 bits per heavy atom. The maximum absolute atomic E-state index is 12.9. The number of ether oxygens (including phenoxy) is 2. The first-order chi connectivity index (χ1) is 16.2. The summed E-state index contributed by atoms with van der Waals surface area (Å²) in [4.78, 5) is 37.6. The zero-order chi connectivity index (χ0) is 24.5. The van der Waals surface area contributed by atoms with E-state index in [0.717, 1.165) is 27.8 Å². The highest BCUT2D eigenvalue weighted by atomic mass is 32.1. The number of methoxy groups -OCH3 is 1. The number of aldehydes is 1. The molecular weight excluding hydrogens is 450 g/mol. The quantitative estimate of drug-likeness (QED) is 0.253. The minimum Gasteiger partial charge on any atom is -0.468 e. The van der Waals surface area contributed by atoms with Crippen molar-refractivity contribution in [3.63, 3.8) is 0 Å². The number of hydrogen-bond acceptors (Lipinski definition) is 6. The average molecular weight is 476 g/mol. The number of carbonyl (C=O) groups excluding carboxylic acids is 3. The minimum atomic E-state index is -0.636. The van der Waals surface area contributed by atoms with Crippen LogP contribution in [0.25, 0.3) is 32.6 Å². The summed E-state index contributed by atoms with van der Waals surface area (Å²) in [7, 11) is 1.33. The van der Waals surface area contributed by atoms with E-state index < -0.39 is 17.5 Å². The highest BCUT2D eigenvalue weighted by Crippen LogP contribution is 2.45. The Morgan fingerprint density at radius 2 is 1.71 bits per heavy atom. The third kappa shape index (κ3) is 4.52. The summed E-state index contributed by atoms with van der Waals surface area (Å²) >= 11 is 1.31. The van der Waals surface area contributed by atoms with Crippen molar-refractivity contribution in [2.75, 3.05) is 7.11 Å². The molecule has 0 bridgehead atoms. The van der Waals surface area contributed by atoms with E-state index in [-0.39, 0.29) is 6.54 Å². The molecular formula is C27H25NO5S. The molecule has 7 heteroatoms. The smallest absolute Gasteiger partial charge is 0.348 e. The second kappa shape index (κ2) is 9.27. The van der Waals surface area contributed by atoms with E-state index >= 15 is 0 Å². The van der Waals surface area contributed by atoms with Crippen LogP contribution in [-0.2, 0) is 20.8 Å². The van der Waals surface area contributed by atoms with E-state index in [1.165, 1.54) is 18.4 Å². The van der Waals surface area contributed by atoms with Crippen LogP contribution in [0.3, 0.4) is 0 Å². The van der Waals surface area contributed by atoms with Crippen molar-refractivity contribution in [3.05, 3.63) is 71.1 Å². The van der Waals surface area contributed by atoms with Gasteiger partial charge in [0.05, 0.1) is 23.0 Å². The maximum atomic E-state index is 12.9. The molecule has 0 radical (unpaired) electrons. The normalized spacial score (nSPS) is 11.4. The lowest BCUT2D eigenvalue weighted by molar-refractivity contribution is -0.141. The first kappa shape index (κ1) is 23.4. The van der Waals surface area contributed by atoms with Crippen LogP contribution in [0.1, 0.15) is 40.8 Å². The van der Waals surface area contributed by atoms with Gasteiger partial charge in [-0.25, -0.2) is 4.79 Å². The van der Waals surface area contributed by atoms with Gasteiger partial charge in [-0.15, -0.1) is 11.3 Å². The van der Waals surface area contributed by atoms with Gasteiger partial charge in [0.15, 0.2) is 6.29 Å². The van der Waals surface area contributed by atoms with Crippen LogP contribution in [0, 0.1) is 0 Å². The summed E-state index contributed by atoms with van der Waals surface area (Å²) < 4.78 is 13.2. The molecule has 0 aliphatic heterocycles. The fourth-order valence-corrected chi connectivity index (χ4v) is 4.98. The summed E-state index contributed by atoms with van der Waals surface area (Å²) in [5.41, 5.74) is 3.73. The number of hydrogen-bond donors (Lipinski definition) is 0. The summed E-state index contributed by atoms with van der Waals surface area (Å²) in [6.45, 7) is 5.38. The third-order valence-electron chi connectivity index (χ3n) is 5.26. The van der Waals surface area contributed by atoms with Crippen LogP contribution in [0.15, 0.2) is 60.7 Å². The monoisotopic (exact) mass is 475 g/mol. The van der Waals surface area contributed by atoms with E-state index in [1.807, 2.05) is 67.8 Å². The molecule has 0 unspecified atom stereocenters. The van der Waals surface area contributed by atoms with Gasteiger partial charge in [-0.05, 0) is 32.4 Å². The molecule has 0 spiro atoms. The number of fused-ring (bicyclic) bond motifs is 1. The number of benzene rings is 2. The van der Waals surface area contributed by atoms with Crippen molar-refractivity contribution in [1.82, 2.24) is 4.57 Å². The third-order valence-corrected chi connectivity index (χ3v) is 6.38. The molecule has 34 heavy (non-hydrogen) atoms. The van der Waals surface area contributed by atoms with Gasteiger partial charge in [-0.3, -0.25) is 9.59 Å². The molecule has 4 aromatic rings. The Morgan fingerprint density at radius 1 is 1.03 bits per heavy atom. The lowest BCUT2D eigenvalue weighted by Crippen LogP contribution is -2.23. The fourth-order valence-electron chi connectivity index (χ4n) is 3.88. The summed E-state index contributed by atoms with van der Waals surface area (Å²) in [5, 5.41) is 0. The number of nitrogens with zero attached hydrogens (tertiary/aromatic N) is 1. The van der Waals surface area contributed by atoms with E-state index in [0.29, 0.717) is 21.5 Å². The van der Waals surface area contributed by atoms with Crippen LogP contribution < -0.4 is 0 Å². The van der Waals surface area contributed by atoms with Crippen LogP contribution >= 0.6 is 11.3 Å². The molecule has 0 saturated carbocycles. The van der Waals surface area contributed by atoms with E-state index in [4.69, 9.17) is 9.47 Å². The minimum absolute atomic E-state index is 0.0765. The number of esters is 2. The van der Waals surface area contributed by atoms with Crippen LogP contribution in [0.5, 0.6) is 0 Å². The Labute approximate surface area is 201 Å². The van der Waals surface area contributed by atoms with Crippen molar-refractivity contribution in [2.45, 2.75) is 32.9 Å². The second-order valence-electron chi connectivity index (χ2n) is 8.78. The molecule has 0 N–H and O–H groups in total. The molecule has 0 atom stereocenters. The number of thiophene rings is 1. The van der Waals surface area contributed by atoms with Crippen LogP contribution in [0.2, 0.25) is 0 Å². The van der Waals surface area contributed by atoms with Crippen LogP contribution in [0.4, 0.5) is 0 Å². The van der Waals surface area contributed by atoms with Crippen molar-refractivity contribution in [3.8, 4) is 22.4 Å². The van der Waals surface area contributed by atoms with E-state index in [2.05, 4.69) is 0 Å². The number of carbonyl (C=O) groups is 3. The maximum Gasteiger partial charge on any atom is 0.348 e. The average Bonchev–Trinajstić information content (AvgIpc) is 3.36.